The molecule has 4 aromatic rings. The molecule has 1 saturated heterocycles. The summed E-state index contributed by atoms with van der Waals surface area (Å²) in [6.45, 7) is 0.678. The molecule has 0 saturated carbocycles. The number of ether oxygens (including phenoxy) is 1. The number of carbonyl (C=O) groups is 1. The van der Waals surface area contributed by atoms with Gasteiger partial charge in [-0.25, -0.2) is 17.9 Å². The van der Waals surface area contributed by atoms with Crippen LogP contribution in [0.25, 0.3) is 26.7 Å². The molecule has 1 aliphatic heterocycles. The molecule has 0 atom stereocenters. The molecule has 0 unspecified atom stereocenters. The Morgan fingerprint density at radius 3 is 2.40 bits per heavy atom. The number of nitrogens with zero attached hydrogens (tertiary/aromatic N) is 3. The zero-order valence-corrected chi connectivity index (χ0v) is 22.8. The lowest BCUT2D eigenvalue weighted by Crippen LogP contribution is -2.41. The molecule has 1 fully saturated rings. The fourth-order valence-corrected chi connectivity index (χ4v) is 6.12. The van der Waals surface area contributed by atoms with Crippen molar-refractivity contribution in [1.29, 1.82) is 0 Å². The van der Waals surface area contributed by atoms with Crippen LogP contribution in [0.5, 0.6) is 5.75 Å². The second kappa shape index (κ2) is 10.6. The summed E-state index contributed by atoms with van der Waals surface area (Å²) in [4.78, 5) is 13.8. The molecule has 40 heavy (non-hydrogen) atoms. The van der Waals surface area contributed by atoms with Crippen LogP contribution in [0.3, 0.4) is 0 Å². The van der Waals surface area contributed by atoms with Crippen LogP contribution in [0.15, 0.2) is 71.6 Å². The summed E-state index contributed by atoms with van der Waals surface area (Å²) in [6.07, 6.45) is -3.76. The fourth-order valence-electron chi connectivity index (χ4n) is 4.45. The second-order valence-corrected chi connectivity index (χ2v) is 12.5. The van der Waals surface area contributed by atoms with Crippen molar-refractivity contribution >= 4 is 27.3 Å². The molecular weight excluding hydrogens is 567 g/mol. The van der Waals surface area contributed by atoms with Crippen LogP contribution in [0, 0.1) is 0 Å². The number of carboxylic acid groups (broad SMARTS) is 1. The van der Waals surface area contributed by atoms with E-state index in [1.165, 1.54) is 33.1 Å². The minimum Gasteiger partial charge on any atom is -0.490 e. The Hall–Kier alpha value is -3.84. The summed E-state index contributed by atoms with van der Waals surface area (Å²) >= 11 is 1.22. The number of sulfone groups is 1. The van der Waals surface area contributed by atoms with E-state index in [0.29, 0.717) is 52.7 Å². The number of hydrogen-bond acceptors (Lipinski definition) is 6. The van der Waals surface area contributed by atoms with Crippen LogP contribution >= 0.6 is 11.3 Å². The lowest BCUT2D eigenvalue weighted by Gasteiger charge is -2.30. The standard InChI is InChI=1S/C27H24F3N3O5S2/c1-40(36,37)21-7-2-4-17(14-21)23-8-9-24(39-23)22-16-25(27(28,29)30)31-33(22)18-5-3-6-20(15-18)38-19-10-12-32(13-11-19)26(34)35/h2-9,14-16,19H,10-13H2,1H3,(H,34,35). The van der Waals surface area contributed by atoms with E-state index in [1.807, 2.05) is 0 Å². The van der Waals surface area contributed by atoms with Gasteiger partial charge in [0, 0.05) is 43.1 Å². The van der Waals surface area contributed by atoms with Crippen molar-refractivity contribution in [2.75, 3.05) is 19.3 Å². The highest BCUT2D eigenvalue weighted by Gasteiger charge is 2.35. The molecule has 0 spiro atoms. The molecular formula is C27H24F3N3O5S2. The molecule has 0 radical (unpaired) electrons. The minimum atomic E-state index is -4.67. The lowest BCUT2D eigenvalue weighted by atomic mass is 10.1. The number of alkyl halides is 3. The molecule has 1 aliphatic rings. The Morgan fingerprint density at radius 1 is 1.02 bits per heavy atom. The molecule has 8 nitrogen and oxygen atoms in total. The number of hydrogen-bond donors (Lipinski definition) is 1. The first-order valence-electron chi connectivity index (χ1n) is 12.2. The molecule has 0 aliphatic carbocycles. The molecule has 5 rings (SSSR count). The zero-order chi connectivity index (χ0) is 28.7. The summed E-state index contributed by atoms with van der Waals surface area (Å²) in [7, 11) is -3.43. The Bertz CT molecular complexity index is 1660. The number of halogens is 3. The Labute approximate surface area is 232 Å². The van der Waals surface area contributed by atoms with Gasteiger partial charge in [-0.3, -0.25) is 0 Å². The van der Waals surface area contributed by atoms with Gasteiger partial charge in [0.15, 0.2) is 15.5 Å². The first-order valence-corrected chi connectivity index (χ1v) is 14.9. The number of piperidine rings is 1. The number of likely N-dealkylation sites (tertiary alicyclic amines) is 1. The number of amides is 1. The van der Waals surface area contributed by atoms with Gasteiger partial charge in [-0.05, 0) is 48.0 Å². The topological polar surface area (TPSA) is 102 Å². The first kappa shape index (κ1) is 27.7. The smallest absolute Gasteiger partial charge is 0.435 e. The highest BCUT2D eigenvalue weighted by molar-refractivity contribution is 7.90. The van der Waals surface area contributed by atoms with Gasteiger partial charge >= 0.3 is 12.3 Å². The Kier molecular flexibility index (Phi) is 7.36. The summed E-state index contributed by atoms with van der Waals surface area (Å²) in [5.74, 6) is 0.436. The number of thiophene rings is 1. The van der Waals surface area contributed by atoms with Crippen LogP contribution in [-0.2, 0) is 16.0 Å². The van der Waals surface area contributed by atoms with E-state index >= 15 is 0 Å². The van der Waals surface area contributed by atoms with Crippen LogP contribution in [0.4, 0.5) is 18.0 Å². The van der Waals surface area contributed by atoms with Crippen LogP contribution in [0.1, 0.15) is 18.5 Å². The van der Waals surface area contributed by atoms with Gasteiger partial charge < -0.3 is 14.7 Å². The van der Waals surface area contributed by atoms with Crippen molar-refractivity contribution in [2.24, 2.45) is 0 Å². The van der Waals surface area contributed by atoms with Crippen molar-refractivity contribution in [2.45, 2.75) is 30.0 Å². The maximum atomic E-state index is 13.7. The third-order valence-electron chi connectivity index (χ3n) is 6.48. The van der Waals surface area contributed by atoms with Gasteiger partial charge in [-0.2, -0.15) is 18.3 Å². The van der Waals surface area contributed by atoms with E-state index in [4.69, 9.17) is 9.84 Å². The van der Waals surface area contributed by atoms with Gasteiger partial charge in [-0.15, -0.1) is 11.3 Å². The van der Waals surface area contributed by atoms with Crippen molar-refractivity contribution in [3.63, 3.8) is 0 Å². The van der Waals surface area contributed by atoms with Gasteiger partial charge in [0.2, 0.25) is 0 Å². The SMILES string of the molecule is CS(=O)(=O)c1cccc(-c2ccc(-c3cc(C(F)(F)F)nn3-c3cccc(OC4CCN(C(=O)O)CC4)c3)s2)c1. The van der Waals surface area contributed by atoms with Crippen molar-refractivity contribution in [1.82, 2.24) is 14.7 Å². The van der Waals surface area contributed by atoms with Crippen molar-refractivity contribution in [3.8, 4) is 32.4 Å². The van der Waals surface area contributed by atoms with E-state index in [9.17, 15) is 26.4 Å². The van der Waals surface area contributed by atoms with Gasteiger partial charge in [0.25, 0.3) is 0 Å². The molecule has 210 valence electrons. The summed E-state index contributed by atoms with van der Waals surface area (Å²) in [5.41, 5.74) is 0.157. The molecule has 13 heteroatoms. The maximum absolute atomic E-state index is 13.7. The number of aromatic nitrogens is 2. The quantitative estimate of drug-likeness (QED) is 0.286. The van der Waals surface area contributed by atoms with E-state index < -0.39 is 27.8 Å². The van der Waals surface area contributed by atoms with E-state index in [-0.39, 0.29) is 16.7 Å². The van der Waals surface area contributed by atoms with E-state index in [1.54, 1.807) is 48.5 Å². The average molecular weight is 592 g/mol. The highest BCUT2D eigenvalue weighted by Crippen LogP contribution is 2.39. The highest BCUT2D eigenvalue weighted by atomic mass is 32.2. The first-order chi connectivity index (χ1) is 18.9. The predicted molar refractivity (Wildman–Crippen MR) is 144 cm³/mol. The summed E-state index contributed by atoms with van der Waals surface area (Å²) in [6, 6.07) is 17.4. The lowest BCUT2D eigenvalue weighted by molar-refractivity contribution is -0.141. The number of benzene rings is 2. The minimum absolute atomic E-state index is 0.148. The molecule has 3 heterocycles. The third kappa shape index (κ3) is 5.99. The Morgan fingerprint density at radius 2 is 1.73 bits per heavy atom. The fraction of sp³-hybridized carbons (Fsp3) is 0.259. The van der Waals surface area contributed by atoms with E-state index in [0.717, 1.165) is 12.3 Å². The van der Waals surface area contributed by atoms with Crippen LogP contribution in [-0.4, -0.2) is 59.7 Å². The zero-order valence-electron chi connectivity index (χ0n) is 21.1. The molecule has 2 aromatic carbocycles. The molecule has 1 amide bonds. The van der Waals surface area contributed by atoms with Crippen molar-refractivity contribution in [3.05, 3.63) is 72.4 Å². The Balaban J connectivity index is 1.47. The van der Waals surface area contributed by atoms with Crippen LogP contribution < -0.4 is 4.74 Å². The molecule has 1 N–H and O–H groups in total. The van der Waals surface area contributed by atoms with E-state index in [2.05, 4.69) is 5.10 Å². The normalized spacial score (nSPS) is 14.8. The average Bonchev–Trinajstić information content (AvgIpc) is 3.57. The van der Waals surface area contributed by atoms with Gasteiger partial charge in [0.1, 0.15) is 11.9 Å². The predicted octanol–water partition coefficient (Wildman–Crippen LogP) is 6.21. The molecule has 2 aromatic heterocycles. The molecule has 0 bridgehead atoms. The second-order valence-electron chi connectivity index (χ2n) is 9.37. The summed E-state index contributed by atoms with van der Waals surface area (Å²) < 4.78 is 72.4. The van der Waals surface area contributed by atoms with Gasteiger partial charge in [-0.1, -0.05) is 18.2 Å². The summed E-state index contributed by atoms with van der Waals surface area (Å²) in [5, 5.41) is 13.0. The largest absolute Gasteiger partial charge is 0.490 e. The number of rotatable bonds is 6. The maximum Gasteiger partial charge on any atom is 0.435 e. The van der Waals surface area contributed by atoms with Gasteiger partial charge in [0.05, 0.1) is 21.2 Å². The van der Waals surface area contributed by atoms with Crippen LogP contribution in [0.2, 0.25) is 0 Å². The van der Waals surface area contributed by atoms with Crippen molar-refractivity contribution < 1.29 is 36.2 Å². The monoisotopic (exact) mass is 591 g/mol. The third-order valence-corrected chi connectivity index (χ3v) is 8.75.